The van der Waals surface area contributed by atoms with Crippen LogP contribution in [0.5, 0.6) is 0 Å². The Labute approximate surface area is 98.6 Å². The lowest BCUT2D eigenvalue weighted by Gasteiger charge is -2.47. The molecule has 0 aliphatic heterocycles. The van der Waals surface area contributed by atoms with Gasteiger partial charge in [0.25, 0.3) is 0 Å². The van der Waals surface area contributed by atoms with Crippen LogP contribution < -0.4 is 11.1 Å². The van der Waals surface area contributed by atoms with Gasteiger partial charge >= 0.3 is 0 Å². The predicted octanol–water partition coefficient (Wildman–Crippen LogP) is 0.716. The summed E-state index contributed by atoms with van der Waals surface area (Å²) in [7, 11) is 4.19. The number of hydrogen-bond acceptors (Lipinski definition) is 3. The monoisotopic (exact) mass is 227 g/mol. The van der Waals surface area contributed by atoms with E-state index in [4.69, 9.17) is 5.73 Å². The predicted molar refractivity (Wildman–Crippen MR) is 66.2 cm³/mol. The van der Waals surface area contributed by atoms with Gasteiger partial charge in [-0.3, -0.25) is 4.79 Å². The van der Waals surface area contributed by atoms with Crippen molar-refractivity contribution >= 4 is 5.91 Å². The average Bonchev–Trinajstić information content (AvgIpc) is 2.16. The highest BCUT2D eigenvalue weighted by molar-refractivity contribution is 5.75. The molecule has 16 heavy (non-hydrogen) atoms. The molecule has 0 aromatic carbocycles. The number of likely N-dealkylation sites (N-methyl/N-ethyl adjacent to an activating group) is 1. The van der Waals surface area contributed by atoms with Crippen LogP contribution in [-0.4, -0.2) is 43.5 Å². The first-order chi connectivity index (χ1) is 7.60. The number of amides is 1. The molecule has 1 fully saturated rings. The van der Waals surface area contributed by atoms with Crippen LogP contribution in [0, 0.1) is 0 Å². The van der Waals surface area contributed by atoms with E-state index < -0.39 is 0 Å². The molecule has 1 aliphatic rings. The molecule has 4 nitrogen and oxygen atoms in total. The zero-order valence-electron chi connectivity index (χ0n) is 10.6. The minimum absolute atomic E-state index is 0.168. The lowest BCUT2D eigenvalue weighted by atomic mass is 9.75. The number of nitrogens with one attached hydrogen (secondary N) is 1. The van der Waals surface area contributed by atoms with E-state index in [1.165, 1.54) is 19.3 Å². The first-order valence-corrected chi connectivity index (χ1v) is 6.25. The number of nitrogens with two attached hydrogens (primary N) is 1. The zero-order chi connectivity index (χ0) is 12.0. The maximum atomic E-state index is 11.6. The molecule has 3 N–H and O–H groups in total. The molecule has 0 bridgehead atoms. The summed E-state index contributed by atoms with van der Waals surface area (Å²) in [5.41, 5.74) is 5.62. The lowest BCUT2D eigenvalue weighted by Crippen LogP contribution is -2.57. The Morgan fingerprint density at radius 2 is 2.06 bits per heavy atom. The number of hydrogen-bond donors (Lipinski definition) is 2. The molecule has 1 rings (SSSR count). The third-order valence-corrected chi connectivity index (χ3v) is 3.71. The van der Waals surface area contributed by atoms with Crippen molar-refractivity contribution < 1.29 is 4.79 Å². The van der Waals surface area contributed by atoms with Crippen LogP contribution in [0.15, 0.2) is 0 Å². The largest absolute Gasteiger partial charge is 0.354 e. The minimum atomic E-state index is 0.168. The summed E-state index contributed by atoms with van der Waals surface area (Å²) in [4.78, 5) is 13.8. The van der Waals surface area contributed by atoms with E-state index >= 15 is 0 Å². The Hall–Kier alpha value is -0.610. The topological polar surface area (TPSA) is 58.4 Å². The van der Waals surface area contributed by atoms with E-state index in [0.29, 0.717) is 13.0 Å². The quantitative estimate of drug-likeness (QED) is 0.630. The van der Waals surface area contributed by atoms with Crippen molar-refractivity contribution in [1.29, 1.82) is 0 Å². The van der Waals surface area contributed by atoms with Gasteiger partial charge in [0.1, 0.15) is 0 Å². The summed E-state index contributed by atoms with van der Waals surface area (Å²) in [6.07, 6.45) is 6.12. The van der Waals surface area contributed by atoms with Crippen molar-refractivity contribution in [2.45, 2.75) is 44.1 Å². The standard InChI is InChI=1S/C12H25N3O/c1-15(2)12(7-5-8-12)10-14-11(16)6-3-4-9-13/h3-10,13H2,1-2H3,(H,14,16). The number of carbonyl (C=O) groups excluding carboxylic acids is 1. The summed E-state index contributed by atoms with van der Waals surface area (Å²) < 4.78 is 0. The van der Waals surface area contributed by atoms with Gasteiger partial charge in [0.2, 0.25) is 5.91 Å². The smallest absolute Gasteiger partial charge is 0.220 e. The van der Waals surface area contributed by atoms with Gasteiger partial charge in [-0.05, 0) is 52.7 Å². The summed E-state index contributed by atoms with van der Waals surface area (Å²) in [5, 5.41) is 3.04. The molecule has 1 saturated carbocycles. The van der Waals surface area contributed by atoms with Crippen molar-refractivity contribution in [1.82, 2.24) is 10.2 Å². The van der Waals surface area contributed by atoms with Gasteiger partial charge in [-0.15, -0.1) is 0 Å². The molecule has 0 spiro atoms. The van der Waals surface area contributed by atoms with Crippen LogP contribution >= 0.6 is 0 Å². The maximum Gasteiger partial charge on any atom is 0.220 e. The molecule has 94 valence electrons. The van der Waals surface area contributed by atoms with E-state index in [-0.39, 0.29) is 11.4 Å². The van der Waals surface area contributed by atoms with Gasteiger partial charge in [0.15, 0.2) is 0 Å². The van der Waals surface area contributed by atoms with Gasteiger partial charge in [-0.2, -0.15) is 0 Å². The van der Waals surface area contributed by atoms with E-state index in [1.54, 1.807) is 0 Å². The summed E-state index contributed by atoms with van der Waals surface area (Å²) in [5.74, 6) is 0.168. The molecular weight excluding hydrogens is 202 g/mol. The third kappa shape index (κ3) is 3.46. The SMILES string of the molecule is CN(C)C1(CNC(=O)CCCCN)CCC1. The van der Waals surface area contributed by atoms with Crippen LogP contribution in [0.3, 0.4) is 0 Å². The highest BCUT2D eigenvalue weighted by Crippen LogP contribution is 2.35. The summed E-state index contributed by atoms with van der Waals surface area (Å²) in [6.45, 7) is 1.47. The second kappa shape index (κ2) is 6.21. The fraction of sp³-hybridized carbons (Fsp3) is 0.917. The molecule has 1 aliphatic carbocycles. The lowest BCUT2D eigenvalue weighted by molar-refractivity contribution is -0.122. The maximum absolute atomic E-state index is 11.6. The highest BCUT2D eigenvalue weighted by Gasteiger charge is 2.38. The van der Waals surface area contributed by atoms with Gasteiger partial charge in [0, 0.05) is 18.5 Å². The molecule has 0 unspecified atom stereocenters. The van der Waals surface area contributed by atoms with Crippen molar-refractivity contribution in [2.24, 2.45) is 5.73 Å². The Morgan fingerprint density at radius 3 is 2.50 bits per heavy atom. The van der Waals surface area contributed by atoms with Gasteiger partial charge < -0.3 is 16.0 Å². The molecule has 0 saturated heterocycles. The van der Waals surface area contributed by atoms with Crippen LogP contribution in [0.25, 0.3) is 0 Å². The van der Waals surface area contributed by atoms with Gasteiger partial charge in [-0.25, -0.2) is 0 Å². The summed E-state index contributed by atoms with van der Waals surface area (Å²) >= 11 is 0. The zero-order valence-corrected chi connectivity index (χ0v) is 10.6. The van der Waals surface area contributed by atoms with Crippen LogP contribution in [-0.2, 0) is 4.79 Å². The molecule has 0 aromatic heterocycles. The van der Waals surface area contributed by atoms with E-state index in [9.17, 15) is 4.79 Å². The first kappa shape index (κ1) is 13.5. The first-order valence-electron chi connectivity index (χ1n) is 6.25. The van der Waals surface area contributed by atoms with Crippen LogP contribution in [0.4, 0.5) is 0 Å². The normalized spacial score (nSPS) is 18.2. The fourth-order valence-corrected chi connectivity index (χ4v) is 2.15. The molecular formula is C12H25N3O. The van der Waals surface area contributed by atoms with Crippen molar-refractivity contribution in [3.05, 3.63) is 0 Å². The second-order valence-electron chi connectivity index (χ2n) is 4.99. The Balaban J connectivity index is 2.20. The Morgan fingerprint density at radius 1 is 1.38 bits per heavy atom. The molecule has 4 heteroatoms. The van der Waals surface area contributed by atoms with Crippen molar-refractivity contribution in [2.75, 3.05) is 27.2 Å². The fourth-order valence-electron chi connectivity index (χ4n) is 2.15. The van der Waals surface area contributed by atoms with Crippen LogP contribution in [0.1, 0.15) is 38.5 Å². The minimum Gasteiger partial charge on any atom is -0.354 e. The number of rotatable bonds is 7. The van der Waals surface area contributed by atoms with Gasteiger partial charge in [-0.1, -0.05) is 0 Å². The van der Waals surface area contributed by atoms with Gasteiger partial charge in [0.05, 0.1) is 0 Å². The molecule has 0 radical (unpaired) electrons. The third-order valence-electron chi connectivity index (χ3n) is 3.71. The number of carbonyl (C=O) groups is 1. The molecule has 0 atom stereocenters. The van der Waals surface area contributed by atoms with Crippen LogP contribution in [0.2, 0.25) is 0 Å². The van der Waals surface area contributed by atoms with Crippen molar-refractivity contribution in [3.8, 4) is 0 Å². The Kier molecular flexibility index (Phi) is 5.22. The van der Waals surface area contributed by atoms with Crippen molar-refractivity contribution in [3.63, 3.8) is 0 Å². The molecule has 0 heterocycles. The Bertz CT molecular complexity index is 224. The summed E-state index contributed by atoms with van der Waals surface area (Å²) in [6, 6.07) is 0. The number of nitrogens with zero attached hydrogens (tertiary/aromatic N) is 1. The van der Waals surface area contributed by atoms with E-state index in [1.807, 2.05) is 0 Å². The highest BCUT2D eigenvalue weighted by atomic mass is 16.1. The average molecular weight is 227 g/mol. The van der Waals surface area contributed by atoms with E-state index in [2.05, 4.69) is 24.3 Å². The molecule has 0 aromatic rings. The number of unbranched alkanes of at least 4 members (excludes halogenated alkanes) is 1. The molecule has 1 amide bonds. The second-order valence-corrected chi connectivity index (χ2v) is 4.99. The van der Waals surface area contributed by atoms with E-state index in [0.717, 1.165) is 19.4 Å².